The van der Waals surface area contributed by atoms with Gasteiger partial charge in [0.1, 0.15) is 5.75 Å². The van der Waals surface area contributed by atoms with Crippen LogP contribution in [0.4, 0.5) is 5.69 Å². The van der Waals surface area contributed by atoms with E-state index in [1.165, 1.54) is 0 Å². The molecule has 1 heterocycles. The second kappa shape index (κ2) is 6.73. The second-order valence-corrected chi connectivity index (χ2v) is 5.89. The number of carbonyl (C=O) groups excluding carboxylic acids is 1. The summed E-state index contributed by atoms with van der Waals surface area (Å²) >= 11 is 0. The van der Waals surface area contributed by atoms with Crippen molar-refractivity contribution in [1.82, 2.24) is 5.32 Å². The lowest BCUT2D eigenvalue weighted by molar-refractivity contribution is 0.0940. The molecule has 1 aliphatic rings. The summed E-state index contributed by atoms with van der Waals surface area (Å²) in [4.78, 5) is 14.7. The van der Waals surface area contributed by atoms with Crippen molar-refractivity contribution < 1.29 is 9.53 Å². The summed E-state index contributed by atoms with van der Waals surface area (Å²) in [5, 5.41) is 3.15. The topological polar surface area (TPSA) is 41.6 Å². The first kappa shape index (κ1) is 15.4. The Morgan fingerprint density at radius 1 is 1.17 bits per heavy atom. The predicted octanol–water partition coefficient (Wildman–Crippen LogP) is 3.01. The van der Waals surface area contributed by atoms with E-state index in [4.69, 9.17) is 4.74 Å². The van der Waals surface area contributed by atoms with E-state index in [-0.39, 0.29) is 11.9 Å². The third-order valence-corrected chi connectivity index (χ3v) is 4.34. The van der Waals surface area contributed by atoms with E-state index >= 15 is 0 Å². The molecule has 0 aliphatic carbocycles. The number of ether oxygens (including phenoxy) is 1. The number of rotatable bonds is 4. The second-order valence-electron chi connectivity index (χ2n) is 5.89. The molecule has 1 aliphatic heterocycles. The largest absolute Gasteiger partial charge is 0.495 e. The average Bonchev–Trinajstić information content (AvgIpc) is 3.03. The van der Waals surface area contributed by atoms with Crippen molar-refractivity contribution >= 4 is 11.6 Å². The zero-order valence-electron chi connectivity index (χ0n) is 13.6. The first-order chi connectivity index (χ1) is 11.2. The quantitative estimate of drug-likeness (QED) is 0.944. The van der Waals surface area contributed by atoms with Crippen LogP contribution in [0.1, 0.15) is 22.3 Å². The first-order valence-corrected chi connectivity index (χ1v) is 7.93. The number of nitrogens with zero attached hydrogens (tertiary/aromatic N) is 1. The molecule has 2 aromatic carbocycles. The highest BCUT2D eigenvalue weighted by atomic mass is 16.5. The molecule has 23 heavy (non-hydrogen) atoms. The molecule has 0 saturated carbocycles. The van der Waals surface area contributed by atoms with Gasteiger partial charge in [-0.3, -0.25) is 4.79 Å². The molecule has 1 fully saturated rings. The third-order valence-electron chi connectivity index (χ3n) is 4.34. The zero-order valence-corrected chi connectivity index (χ0v) is 13.6. The lowest BCUT2D eigenvalue weighted by atomic mass is 10.1. The standard InChI is InChI=1S/C19H22N2O2/c1-14-7-3-4-8-16(14)19(22)20-15-11-12-21(13-15)17-9-5-6-10-18(17)23-2/h3-10,15H,11-13H2,1-2H3,(H,20,22)/t15-/m1/s1. The number of carbonyl (C=O) groups is 1. The maximum absolute atomic E-state index is 12.4. The summed E-state index contributed by atoms with van der Waals surface area (Å²) in [6, 6.07) is 15.9. The SMILES string of the molecule is COc1ccccc1N1CC[C@@H](NC(=O)c2ccccc2C)C1. The van der Waals surface area contributed by atoms with Crippen molar-refractivity contribution in [2.75, 3.05) is 25.1 Å². The number of hydrogen-bond donors (Lipinski definition) is 1. The molecule has 1 atom stereocenters. The van der Waals surface area contributed by atoms with Crippen molar-refractivity contribution in [1.29, 1.82) is 0 Å². The number of aryl methyl sites for hydroxylation is 1. The Balaban J connectivity index is 1.66. The van der Waals surface area contributed by atoms with Gasteiger partial charge in [-0.2, -0.15) is 0 Å². The molecule has 0 unspecified atom stereocenters. The van der Waals surface area contributed by atoms with Crippen LogP contribution >= 0.6 is 0 Å². The summed E-state index contributed by atoms with van der Waals surface area (Å²) < 4.78 is 5.43. The Hall–Kier alpha value is -2.49. The van der Waals surface area contributed by atoms with Gasteiger partial charge in [-0.15, -0.1) is 0 Å². The van der Waals surface area contributed by atoms with Crippen LogP contribution in [-0.2, 0) is 0 Å². The maximum atomic E-state index is 12.4. The Bertz CT molecular complexity index is 699. The van der Waals surface area contributed by atoms with E-state index in [1.807, 2.05) is 49.4 Å². The predicted molar refractivity (Wildman–Crippen MR) is 92.3 cm³/mol. The summed E-state index contributed by atoms with van der Waals surface area (Å²) in [6.07, 6.45) is 0.940. The Morgan fingerprint density at radius 2 is 1.91 bits per heavy atom. The van der Waals surface area contributed by atoms with Crippen molar-refractivity contribution in [3.05, 3.63) is 59.7 Å². The average molecular weight is 310 g/mol. The van der Waals surface area contributed by atoms with Gasteiger partial charge in [0.05, 0.1) is 12.8 Å². The number of amides is 1. The van der Waals surface area contributed by atoms with Gasteiger partial charge in [0.25, 0.3) is 5.91 Å². The fraction of sp³-hybridized carbons (Fsp3) is 0.316. The van der Waals surface area contributed by atoms with Crippen LogP contribution in [0.2, 0.25) is 0 Å². The molecule has 2 aromatic rings. The molecule has 1 amide bonds. The molecule has 0 aromatic heterocycles. The van der Waals surface area contributed by atoms with Gasteiger partial charge in [0.15, 0.2) is 0 Å². The van der Waals surface area contributed by atoms with Gasteiger partial charge >= 0.3 is 0 Å². The highest BCUT2D eigenvalue weighted by Crippen LogP contribution is 2.30. The van der Waals surface area contributed by atoms with Crippen molar-refractivity contribution in [2.45, 2.75) is 19.4 Å². The molecule has 1 saturated heterocycles. The third kappa shape index (κ3) is 3.31. The van der Waals surface area contributed by atoms with Crippen LogP contribution in [0.15, 0.2) is 48.5 Å². The van der Waals surface area contributed by atoms with Crippen molar-refractivity contribution in [2.24, 2.45) is 0 Å². The normalized spacial score (nSPS) is 17.1. The molecule has 120 valence electrons. The van der Waals surface area contributed by atoms with Crippen LogP contribution in [0, 0.1) is 6.92 Å². The number of nitrogens with one attached hydrogen (secondary N) is 1. The molecular formula is C19H22N2O2. The Kier molecular flexibility index (Phi) is 4.51. The van der Waals surface area contributed by atoms with Gasteiger partial charge in [-0.05, 0) is 37.1 Å². The number of anilines is 1. The lowest BCUT2D eigenvalue weighted by Crippen LogP contribution is -2.37. The minimum Gasteiger partial charge on any atom is -0.495 e. The monoisotopic (exact) mass is 310 g/mol. The van der Waals surface area contributed by atoms with E-state index in [2.05, 4.69) is 16.3 Å². The highest BCUT2D eigenvalue weighted by Gasteiger charge is 2.26. The number of para-hydroxylation sites is 2. The molecule has 4 heteroatoms. The van der Waals surface area contributed by atoms with Gasteiger partial charge < -0.3 is 15.0 Å². The minimum atomic E-state index is 0.00924. The van der Waals surface area contributed by atoms with Gasteiger partial charge in [0.2, 0.25) is 0 Å². The van der Waals surface area contributed by atoms with E-state index in [1.54, 1.807) is 7.11 Å². The number of hydrogen-bond acceptors (Lipinski definition) is 3. The van der Waals surface area contributed by atoms with Crippen LogP contribution < -0.4 is 15.0 Å². The van der Waals surface area contributed by atoms with Crippen molar-refractivity contribution in [3.8, 4) is 5.75 Å². The van der Waals surface area contributed by atoms with E-state index in [9.17, 15) is 4.79 Å². The molecule has 0 radical (unpaired) electrons. The molecule has 4 nitrogen and oxygen atoms in total. The molecule has 0 bridgehead atoms. The summed E-state index contributed by atoms with van der Waals surface area (Å²) in [6.45, 7) is 3.68. The lowest BCUT2D eigenvalue weighted by Gasteiger charge is -2.21. The fourth-order valence-electron chi connectivity index (χ4n) is 3.08. The summed E-state index contributed by atoms with van der Waals surface area (Å²) in [7, 11) is 1.69. The molecule has 3 rings (SSSR count). The van der Waals surface area contributed by atoms with Gasteiger partial charge in [-0.25, -0.2) is 0 Å². The number of benzene rings is 2. The summed E-state index contributed by atoms with van der Waals surface area (Å²) in [5.41, 5.74) is 2.84. The van der Waals surface area contributed by atoms with E-state index in [0.717, 1.165) is 42.1 Å². The van der Waals surface area contributed by atoms with Crippen LogP contribution in [0.25, 0.3) is 0 Å². The zero-order chi connectivity index (χ0) is 16.2. The molecular weight excluding hydrogens is 288 g/mol. The highest BCUT2D eigenvalue weighted by molar-refractivity contribution is 5.95. The smallest absolute Gasteiger partial charge is 0.251 e. The van der Waals surface area contributed by atoms with Gasteiger partial charge in [0, 0.05) is 24.7 Å². The molecule has 1 N–H and O–H groups in total. The van der Waals surface area contributed by atoms with Crippen LogP contribution in [-0.4, -0.2) is 32.1 Å². The first-order valence-electron chi connectivity index (χ1n) is 7.93. The van der Waals surface area contributed by atoms with E-state index < -0.39 is 0 Å². The minimum absolute atomic E-state index is 0.00924. The summed E-state index contributed by atoms with van der Waals surface area (Å²) in [5.74, 6) is 0.883. The Labute approximate surface area is 137 Å². The fourth-order valence-corrected chi connectivity index (χ4v) is 3.08. The maximum Gasteiger partial charge on any atom is 0.251 e. The Morgan fingerprint density at radius 3 is 2.70 bits per heavy atom. The molecule has 0 spiro atoms. The van der Waals surface area contributed by atoms with Crippen LogP contribution in [0.5, 0.6) is 5.75 Å². The van der Waals surface area contributed by atoms with Crippen molar-refractivity contribution in [3.63, 3.8) is 0 Å². The van der Waals surface area contributed by atoms with Gasteiger partial charge in [-0.1, -0.05) is 30.3 Å². The van der Waals surface area contributed by atoms with Crippen LogP contribution in [0.3, 0.4) is 0 Å². The van der Waals surface area contributed by atoms with E-state index in [0.29, 0.717) is 0 Å². The number of methoxy groups -OCH3 is 1.